The summed E-state index contributed by atoms with van der Waals surface area (Å²) >= 11 is 0. The van der Waals surface area contributed by atoms with Crippen LogP contribution in [0.15, 0.2) is 18.2 Å². The molecule has 0 spiro atoms. The number of hydrogen-bond acceptors (Lipinski definition) is 1. The van der Waals surface area contributed by atoms with Gasteiger partial charge in [0.2, 0.25) is 0 Å². The van der Waals surface area contributed by atoms with Crippen LogP contribution >= 0.6 is 0 Å². The topological polar surface area (TPSA) is 26.0 Å². The van der Waals surface area contributed by atoms with Gasteiger partial charge in [-0.15, -0.1) is 0 Å². The monoisotopic (exact) mass is 188 g/mol. The van der Waals surface area contributed by atoms with E-state index in [1.165, 1.54) is 43.2 Å². The first-order chi connectivity index (χ1) is 6.92. The minimum Gasteiger partial charge on any atom is -0.326 e. The second-order valence-corrected chi connectivity index (χ2v) is 4.16. The highest BCUT2D eigenvalue weighted by Crippen LogP contribution is 2.33. The second kappa shape index (κ2) is 4.61. The number of rotatable bonds is 2. The van der Waals surface area contributed by atoms with Crippen LogP contribution in [0, 0.1) is 6.07 Å². The van der Waals surface area contributed by atoms with E-state index in [0.29, 0.717) is 6.54 Å². The molecule has 2 N–H and O–H groups in total. The number of benzene rings is 1. The first kappa shape index (κ1) is 9.72. The minimum absolute atomic E-state index is 0.667. The van der Waals surface area contributed by atoms with E-state index in [0.717, 1.165) is 5.92 Å². The fraction of sp³-hybridized carbons (Fsp3) is 0.538. The Hall–Kier alpha value is -0.820. The van der Waals surface area contributed by atoms with Gasteiger partial charge in [0.15, 0.2) is 0 Å². The molecule has 1 aromatic rings. The van der Waals surface area contributed by atoms with Crippen LogP contribution in [-0.4, -0.2) is 0 Å². The predicted octanol–water partition coefficient (Wildman–Crippen LogP) is 2.99. The van der Waals surface area contributed by atoms with Crippen molar-refractivity contribution in [1.82, 2.24) is 0 Å². The Morgan fingerprint density at radius 2 is 2.07 bits per heavy atom. The number of nitrogens with two attached hydrogens (primary N) is 1. The molecule has 75 valence electrons. The van der Waals surface area contributed by atoms with Crippen LogP contribution in [0.1, 0.15) is 49.1 Å². The van der Waals surface area contributed by atoms with Gasteiger partial charge in [-0.1, -0.05) is 37.5 Å². The summed E-state index contributed by atoms with van der Waals surface area (Å²) in [5.41, 5.74) is 8.51. The molecule has 0 aromatic heterocycles. The molecule has 1 saturated carbocycles. The van der Waals surface area contributed by atoms with Crippen LogP contribution in [0.2, 0.25) is 0 Å². The summed E-state index contributed by atoms with van der Waals surface area (Å²) in [6.07, 6.45) is 6.84. The summed E-state index contributed by atoms with van der Waals surface area (Å²) in [5, 5.41) is 0. The molecule has 14 heavy (non-hydrogen) atoms. The maximum absolute atomic E-state index is 5.74. The molecule has 2 rings (SSSR count). The van der Waals surface area contributed by atoms with Crippen LogP contribution in [0.25, 0.3) is 0 Å². The summed E-state index contributed by atoms with van der Waals surface area (Å²) in [6.45, 7) is 0.667. The molecular weight excluding hydrogens is 170 g/mol. The van der Waals surface area contributed by atoms with E-state index in [9.17, 15) is 0 Å². The summed E-state index contributed by atoms with van der Waals surface area (Å²) < 4.78 is 0. The first-order valence-corrected chi connectivity index (χ1v) is 5.61. The van der Waals surface area contributed by atoms with Crippen LogP contribution in [0.3, 0.4) is 0 Å². The highest BCUT2D eigenvalue weighted by atomic mass is 14.5. The average Bonchev–Trinajstić information content (AvgIpc) is 2.30. The van der Waals surface area contributed by atoms with Crippen molar-refractivity contribution in [2.45, 2.75) is 44.6 Å². The van der Waals surface area contributed by atoms with Gasteiger partial charge in [0.05, 0.1) is 0 Å². The van der Waals surface area contributed by atoms with Gasteiger partial charge >= 0.3 is 0 Å². The highest BCUT2D eigenvalue weighted by Gasteiger charge is 2.17. The lowest BCUT2D eigenvalue weighted by atomic mass is 9.82. The first-order valence-electron chi connectivity index (χ1n) is 5.61. The molecule has 0 atom stereocenters. The molecular formula is C13H18N. The van der Waals surface area contributed by atoms with Gasteiger partial charge in [0.1, 0.15) is 0 Å². The van der Waals surface area contributed by atoms with Crippen molar-refractivity contribution in [3.05, 3.63) is 35.4 Å². The summed E-state index contributed by atoms with van der Waals surface area (Å²) in [5.74, 6) is 0.750. The zero-order valence-electron chi connectivity index (χ0n) is 8.63. The normalized spacial score (nSPS) is 18.4. The summed E-state index contributed by atoms with van der Waals surface area (Å²) in [6, 6.07) is 9.40. The Labute approximate surface area is 86.3 Å². The standard InChI is InChI=1S/C13H18N/c14-10-12-8-4-5-9-13(12)11-6-2-1-3-7-11/h4,8-9,11H,1-3,6-7,10,14H2. The van der Waals surface area contributed by atoms with Gasteiger partial charge in [-0.3, -0.25) is 0 Å². The third kappa shape index (κ3) is 1.98. The molecule has 1 aliphatic rings. The highest BCUT2D eigenvalue weighted by molar-refractivity contribution is 5.29. The predicted molar refractivity (Wildman–Crippen MR) is 59.0 cm³/mol. The van der Waals surface area contributed by atoms with Gasteiger partial charge < -0.3 is 5.73 Å². The van der Waals surface area contributed by atoms with Gasteiger partial charge in [-0.05, 0) is 36.0 Å². The SMILES string of the molecule is NCc1cc[c]cc1C1CCCCC1. The molecule has 1 aliphatic carbocycles. The number of hydrogen-bond donors (Lipinski definition) is 1. The van der Waals surface area contributed by atoms with Crippen molar-refractivity contribution in [1.29, 1.82) is 0 Å². The van der Waals surface area contributed by atoms with Gasteiger partial charge in [0.25, 0.3) is 0 Å². The molecule has 1 heteroatoms. The van der Waals surface area contributed by atoms with Crippen molar-refractivity contribution in [3.8, 4) is 0 Å². The van der Waals surface area contributed by atoms with E-state index in [1.54, 1.807) is 0 Å². The van der Waals surface area contributed by atoms with E-state index in [-0.39, 0.29) is 0 Å². The molecule has 1 nitrogen and oxygen atoms in total. The van der Waals surface area contributed by atoms with Crippen LogP contribution in [0.4, 0.5) is 0 Å². The fourth-order valence-electron chi connectivity index (χ4n) is 2.46. The molecule has 0 bridgehead atoms. The Kier molecular flexibility index (Phi) is 3.20. The van der Waals surface area contributed by atoms with E-state index in [1.807, 2.05) is 6.07 Å². The van der Waals surface area contributed by atoms with Crippen LogP contribution in [-0.2, 0) is 6.54 Å². The maximum Gasteiger partial charge on any atom is 0.0180 e. The van der Waals surface area contributed by atoms with Crippen molar-refractivity contribution in [2.24, 2.45) is 5.73 Å². The lowest BCUT2D eigenvalue weighted by Gasteiger charge is -2.23. The van der Waals surface area contributed by atoms with Crippen LogP contribution in [0.5, 0.6) is 0 Å². The van der Waals surface area contributed by atoms with Crippen molar-refractivity contribution < 1.29 is 0 Å². The largest absolute Gasteiger partial charge is 0.326 e. The minimum atomic E-state index is 0.667. The third-order valence-corrected chi connectivity index (χ3v) is 3.26. The van der Waals surface area contributed by atoms with Crippen LogP contribution < -0.4 is 5.73 Å². The molecule has 0 amide bonds. The molecule has 1 fully saturated rings. The van der Waals surface area contributed by atoms with E-state index >= 15 is 0 Å². The summed E-state index contributed by atoms with van der Waals surface area (Å²) in [4.78, 5) is 0. The molecule has 1 aromatic carbocycles. The molecule has 0 heterocycles. The van der Waals surface area contributed by atoms with Crippen molar-refractivity contribution >= 4 is 0 Å². The lowest BCUT2D eigenvalue weighted by molar-refractivity contribution is 0.441. The van der Waals surface area contributed by atoms with E-state index in [2.05, 4.69) is 18.2 Å². The molecule has 1 radical (unpaired) electrons. The van der Waals surface area contributed by atoms with E-state index in [4.69, 9.17) is 5.73 Å². The fourth-order valence-corrected chi connectivity index (χ4v) is 2.46. The van der Waals surface area contributed by atoms with Crippen molar-refractivity contribution in [2.75, 3.05) is 0 Å². The Balaban J connectivity index is 2.20. The molecule has 0 aliphatic heterocycles. The maximum atomic E-state index is 5.74. The third-order valence-electron chi connectivity index (χ3n) is 3.26. The quantitative estimate of drug-likeness (QED) is 0.758. The van der Waals surface area contributed by atoms with E-state index < -0.39 is 0 Å². The van der Waals surface area contributed by atoms with Gasteiger partial charge in [0, 0.05) is 6.54 Å². The Morgan fingerprint density at radius 3 is 2.79 bits per heavy atom. The summed E-state index contributed by atoms with van der Waals surface area (Å²) in [7, 11) is 0. The smallest absolute Gasteiger partial charge is 0.0180 e. The lowest BCUT2D eigenvalue weighted by Crippen LogP contribution is -2.09. The molecule has 0 unspecified atom stereocenters. The second-order valence-electron chi connectivity index (χ2n) is 4.16. The Bertz CT molecular complexity index is 287. The zero-order valence-corrected chi connectivity index (χ0v) is 8.63. The zero-order chi connectivity index (χ0) is 9.80. The average molecular weight is 188 g/mol. The van der Waals surface area contributed by atoms with Crippen molar-refractivity contribution in [3.63, 3.8) is 0 Å². The van der Waals surface area contributed by atoms with Gasteiger partial charge in [-0.2, -0.15) is 0 Å². The van der Waals surface area contributed by atoms with Gasteiger partial charge in [-0.25, -0.2) is 0 Å². The molecule has 0 saturated heterocycles. The Morgan fingerprint density at radius 1 is 1.29 bits per heavy atom.